The van der Waals surface area contributed by atoms with Crippen LogP contribution in [0.1, 0.15) is 12.5 Å². The van der Waals surface area contributed by atoms with Crippen LogP contribution in [0.4, 0.5) is 5.69 Å². The van der Waals surface area contributed by atoms with Crippen LogP contribution in [0.25, 0.3) is 0 Å². The molecule has 0 spiro atoms. The van der Waals surface area contributed by atoms with Crippen molar-refractivity contribution in [1.82, 2.24) is 10.2 Å². The molecule has 190 valence electrons. The highest BCUT2D eigenvalue weighted by atomic mass is 35.5. The number of rotatable bonds is 9. The standard InChI is InChI=1S/C25H24Cl3N3O4S/c1-17(25(33)29-2)30(15-18-7-6-8-19(26)13-18)24(32)16-31(23-14-20(27)11-12-22(23)28)36(34,35)21-9-4-3-5-10-21/h3-14,17H,15-16H2,1-2H3,(H,29,33). The van der Waals surface area contributed by atoms with Gasteiger partial charge in [-0.1, -0.05) is 65.1 Å². The third kappa shape index (κ3) is 6.50. The Balaban J connectivity index is 2.07. The molecule has 36 heavy (non-hydrogen) atoms. The predicted octanol–water partition coefficient (Wildman–Crippen LogP) is 5.01. The third-order valence-corrected chi connectivity index (χ3v) is 8.01. The number of hydrogen-bond donors (Lipinski definition) is 1. The Morgan fingerprint density at radius 2 is 1.58 bits per heavy atom. The fraction of sp³-hybridized carbons (Fsp3) is 0.200. The molecule has 0 aliphatic rings. The Kier molecular flexibility index (Phi) is 9.24. The summed E-state index contributed by atoms with van der Waals surface area (Å²) in [4.78, 5) is 27.4. The van der Waals surface area contributed by atoms with Gasteiger partial charge >= 0.3 is 0 Å². The number of anilines is 1. The van der Waals surface area contributed by atoms with Crippen molar-refractivity contribution in [3.63, 3.8) is 0 Å². The van der Waals surface area contributed by atoms with E-state index in [1.165, 1.54) is 42.3 Å². The van der Waals surface area contributed by atoms with E-state index < -0.39 is 34.4 Å². The van der Waals surface area contributed by atoms with E-state index in [0.29, 0.717) is 10.6 Å². The van der Waals surface area contributed by atoms with Gasteiger partial charge < -0.3 is 10.2 Å². The molecule has 1 N–H and O–H groups in total. The normalized spacial score (nSPS) is 12.0. The molecule has 7 nitrogen and oxygen atoms in total. The molecular weight excluding hydrogens is 545 g/mol. The van der Waals surface area contributed by atoms with Crippen molar-refractivity contribution in [1.29, 1.82) is 0 Å². The Hall–Kier alpha value is -2.78. The zero-order valence-electron chi connectivity index (χ0n) is 19.5. The van der Waals surface area contributed by atoms with Gasteiger partial charge in [0.1, 0.15) is 12.6 Å². The van der Waals surface area contributed by atoms with Crippen LogP contribution in [-0.2, 0) is 26.2 Å². The van der Waals surface area contributed by atoms with E-state index in [1.54, 1.807) is 49.4 Å². The number of carbonyl (C=O) groups excluding carboxylic acids is 2. The number of carbonyl (C=O) groups is 2. The number of nitrogens with one attached hydrogen (secondary N) is 1. The summed E-state index contributed by atoms with van der Waals surface area (Å²) in [5.74, 6) is -1.04. The van der Waals surface area contributed by atoms with E-state index in [9.17, 15) is 18.0 Å². The maximum Gasteiger partial charge on any atom is 0.264 e. The van der Waals surface area contributed by atoms with Gasteiger partial charge in [-0.3, -0.25) is 13.9 Å². The molecule has 11 heteroatoms. The average molecular weight is 569 g/mol. The van der Waals surface area contributed by atoms with E-state index in [1.807, 2.05) is 0 Å². The minimum absolute atomic E-state index is 0.0243. The highest BCUT2D eigenvalue weighted by Crippen LogP contribution is 2.33. The molecule has 1 unspecified atom stereocenters. The second-order valence-electron chi connectivity index (χ2n) is 7.86. The lowest BCUT2D eigenvalue weighted by atomic mass is 10.1. The number of likely N-dealkylation sites (N-methyl/N-ethyl adjacent to an activating group) is 1. The van der Waals surface area contributed by atoms with Gasteiger partial charge in [0, 0.05) is 23.6 Å². The number of amides is 2. The summed E-state index contributed by atoms with van der Waals surface area (Å²) in [6.07, 6.45) is 0. The molecule has 0 heterocycles. The molecule has 3 aromatic rings. The van der Waals surface area contributed by atoms with Crippen molar-refractivity contribution in [2.45, 2.75) is 24.4 Å². The lowest BCUT2D eigenvalue weighted by molar-refractivity contribution is -0.139. The summed E-state index contributed by atoms with van der Waals surface area (Å²) in [5.41, 5.74) is 0.710. The molecular formula is C25H24Cl3N3O4S. The lowest BCUT2D eigenvalue weighted by Crippen LogP contribution is -2.50. The van der Waals surface area contributed by atoms with Gasteiger partial charge in [-0.25, -0.2) is 8.42 Å². The van der Waals surface area contributed by atoms with Crippen molar-refractivity contribution in [3.05, 3.63) is 93.4 Å². The monoisotopic (exact) mass is 567 g/mol. The first-order valence-electron chi connectivity index (χ1n) is 10.8. The zero-order chi connectivity index (χ0) is 26.5. The molecule has 0 saturated carbocycles. The zero-order valence-corrected chi connectivity index (χ0v) is 22.6. The van der Waals surface area contributed by atoms with Crippen LogP contribution in [0, 0.1) is 0 Å². The molecule has 0 bridgehead atoms. The minimum Gasteiger partial charge on any atom is -0.357 e. The van der Waals surface area contributed by atoms with E-state index in [2.05, 4.69) is 5.32 Å². The molecule has 0 aliphatic heterocycles. The number of benzene rings is 3. The minimum atomic E-state index is -4.23. The summed E-state index contributed by atoms with van der Waals surface area (Å²) < 4.78 is 28.3. The highest BCUT2D eigenvalue weighted by molar-refractivity contribution is 7.92. The fourth-order valence-corrected chi connectivity index (χ4v) is 5.63. The van der Waals surface area contributed by atoms with Gasteiger partial charge in [0.05, 0.1) is 15.6 Å². The van der Waals surface area contributed by atoms with Gasteiger partial charge in [-0.05, 0) is 55.0 Å². The average Bonchev–Trinajstić information content (AvgIpc) is 2.86. The van der Waals surface area contributed by atoms with Gasteiger partial charge in [-0.15, -0.1) is 0 Å². The van der Waals surface area contributed by atoms with Gasteiger partial charge in [0.25, 0.3) is 10.0 Å². The van der Waals surface area contributed by atoms with E-state index in [-0.39, 0.29) is 27.2 Å². The first-order valence-corrected chi connectivity index (χ1v) is 13.4. The number of hydrogen-bond acceptors (Lipinski definition) is 4. The van der Waals surface area contributed by atoms with E-state index >= 15 is 0 Å². The topological polar surface area (TPSA) is 86.8 Å². The predicted molar refractivity (Wildman–Crippen MR) is 143 cm³/mol. The van der Waals surface area contributed by atoms with Crippen LogP contribution in [-0.4, -0.2) is 44.8 Å². The molecule has 0 aliphatic carbocycles. The summed E-state index contributed by atoms with van der Waals surface area (Å²) in [7, 11) is -2.77. The van der Waals surface area contributed by atoms with Crippen molar-refractivity contribution in [3.8, 4) is 0 Å². The van der Waals surface area contributed by atoms with Crippen LogP contribution in [0.5, 0.6) is 0 Å². The molecule has 0 aromatic heterocycles. The van der Waals surface area contributed by atoms with E-state index in [4.69, 9.17) is 34.8 Å². The molecule has 0 fully saturated rings. The molecule has 0 saturated heterocycles. The molecule has 3 rings (SSSR count). The largest absolute Gasteiger partial charge is 0.357 e. The summed E-state index contributed by atoms with van der Waals surface area (Å²) in [5, 5.41) is 3.32. The van der Waals surface area contributed by atoms with E-state index in [0.717, 1.165) is 4.31 Å². The summed E-state index contributed by atoms with van der Waals surface area (Å²) in [6.45, 7) is 0.958. The first-order chi connectivity index (χ1) is 17.0. The van der Waals surface area contributed by atoms with Gasteiger partial charge in [0.15, 0.2) is 0 Å². The van der Waals surface area contributed by atoms with Crippen LogP contribution in [0.2, 0.25) is 15.1 Å². The fourth-order valence-electron chi connectivity index (χ4n) is 3.53. The van der Waals surface area contributed by atoms with Crippen LogP contribution in [0.15, 0.2) is 77.7 Å². The molecule has 1 atom stereocenters. The second kappa shape index (κ2) is 12.0. The smallest absolute Gasteiger partial charge is 0.264 e. The van der Waals surface area contributed by atoms with Crippen molar-refractivity contribution < 1.29 is 18.0 Å². The maximum atomic E-state index is 13.7. The van der Waals surface area contributed by atoms with Crippen molar-refractivity contribution in [2.24, 2.45) is 0 Å². The van der Waals surface area contributed by atoms with Gasteiger partial charge in [0.2, 0.25) is 11.8 Å². The highest BCUT2D eigenvalue weighted by Gasteiger charge is 2.33. The Bertz CT molecular complexity index is 1350. The van der Waals surface area contributed by atoms with Gasteiger partial charge in [-0.2, -0.15) is 0 Å². The van der Waals surface area contributed by atoms with Crippen molar-refractivity contribution >= 4 is 62.3 Å². The Morgan fingerprint density at radius 1 is 0.917 bits per heavy atom. The number of nitrogens with zero attached hydrogens (tertiary/aromatic N) is 2. The molecule has 3 aromatic carbocycles. The quantitative estimate of drug-likeness (QED) is 0.393. The van der Waals surface area contributed by atoms with Crippen LogP contribution < -0.4 is 9.62 Å². The van der Waals surface area contributed by atoms with Crippen LogP contribution in [0.3, 0.4) is 0 Å². The Morgan fingerprint density at radius 3 is 2.22 bits per heavy atom. The maximum absolute atomic E-state index is 13.7. The second-order valence-corrected chi connectivity index (χ2v) is 11.0. The first kappa shape index (κ1) is 27.8. The SMILES string of the molecule is CNC(=O)C(C)N(Cc1cccc(Cl)c1)C(=O)CN(c1cc(Cl)ccc1Cl)S(=O)(=O)c1ccccc1. The Labute approximate surface area is 225 Å². The van der Waals surface area contributed by atoms with Crippen LogP contribution >= 0.6 is 34.8 Å². The third-order valence-electron chi connectivity index (χ3n) is 5.44. The summed E-state index contributed by atoms with van der Waals surface area (Å²) in [6, 6.07) is 18.0. The number of sulfonamides is 1. The van der Waals surface area contributed by atoms with Crippen molar-refractivity contribution in [2.75, 3.05) is 17.9 Å². The number of halogens is 3. The molecule has 0 radical (unpaired) electrons. The lowest BCUT2D eigenvalue weighted by Gasteiger charge is -2.32. The summed E-state index contributed by atoms with van der Waals surface area (Å²) >= 11 is 18.6. The molecule has 2 amide bonds.